The molecule has 0 bridgehead atoms. The van der Waals surface area contributed by atoms with E-state index < -0.39 is 0 Å². The van der Waals surface area contributed by atoms with E-state index in [2.05, 4.69) is 25.9 Å². The van der Waals surface area contributed by atoms with Gasteiger partial charge in [0.2, 0.25) is 5.91 Å². The fourth-order valence-corrected chi connectivity index (χ4v) is 3.03. The first-order chi connectivity index (χ1) is 14.2. The summed E-state index contributed by atoms with van der Waals surface area (Å²) in [7, 11) is 0. The monoisotopic (exact) mass is 410 g/mol. The Morgan fingerprint density at radius 1 is 1.07 bits per heavy atom. The van der Waals surface area contributed by atoms with Crippen molar-refractivity contribution < 1.29 is 9.21 Å². The molecule has 29 heavy (non-hydrogen) atoms. The Balaban J connectivity index is 1.35. The molecule has 4 rings (SSSR count). The Hall–Kier alpha value is -3.39. The number of nitrogens with one attached hydrogen (secondary N) is 2. The van der Waals surface area contributed by atoms with E-state index in [9.17, 15) is 4.79 Å². The maximum Gasteiger partial charge on any atom is 0.220 e. The van der Waals surface area contributed by atoms with E-state index >= 15 is 0 Å². The fourth-order valence-electron chi connectivity index (χ4n) is 2.82. The normalized spacial score (nSPS) is 10.9. The van der Waals surface area contributed by atoms with E-state index in [1.165, 1.54) is 0 Å². The van der Waals surface area contributed by atoms with E-state index in [0.29, 0.717) is 41.8 Å². The molecule has 9 heteroatoms. The molecule has 1 aromatic carbocycles. The number of benzene rings is 1. The summed E-state index contributed by atoms with van der Waals surface area (Å²) in [6, 6.07) is 14.8. The number of anilines is 1. The Kier molecular flexibility index (Phi) is 5.71. The standard InChI is InChI=1S/C20H19ClN6O2/c21-16-6-2-1-4-14(16)12-23-20(28)10-9-19-25-24-18-8-7-17(26-27(18)19)22-13-15-5-3-11-29-15/h1-8,11H,9-10,12-13H2,(H,22,26)(H,23,28). The van der Waals surface area contributed by atoms with Gasteiger partial charge in [0, 0.05) is 24.4 Å². The van der Waals surface area contributed by atoms with Crippen LogP contribution in [0.15, 0.2) is 59.2 Å². The van der Waals surface area contributed by atoms with Crippen LogP contribution >= 0.6 is 11.6 Å². The first-order valence-electron chi connectivity index (χ1n) is 9.17. The quantitative estimate of drug-likeness (QED) is 0.463. The van der Waals surface area contributed by atoms with Gasteiger partial charge in [-0.05, 0) is 35.9 Å². The van der Waals surface area contributed by atoms with Crippen LogP contribution in [0, 0.1) is 0 Å². The summed E-state index contributed by atoms with van der Waals surface area (Å²) < 4.78 is 6.95. The molecule has 3 aromatic heterocycles. The van der Waals surface area contributed by atoms with Crippen molar-refractivity contribution in [2.75, 3.05) is 5.32 Å². The van der Waals surface area contributed by atoms with Crippen molar-refractivity contribution in [3.63, 3.8) is 0 Å². The van der Waals surface area contributed by atoms with Crippen molar-refractivity contribution in [3.05, 3.63) is 77.0 Å². The van der Waals surface area contributed by atoms with Gasteiger partial charge in [0.05, 0.1) is 12.8 Å². The molecular weight excluding hydrogens is 392 g/mol. The van der Waals surface area contributed by atoms with Gasteiger partial charge in [-0.25, -0.2) is 0 Å². The number of carbonyl (C=O) groups excluding carboxylic acids is 1. The van der Waals surface area contributed by atoms with Gasteiger partial charge < -0.3 is 15.1 Å². The van der Waals surface area contributed by atoms with Gasteiger partial charge in [0.1, 0.15) is 11.6 Å². The Labute approximate surface area is 171 Å². The van der Waals surface area contributed by atoms with E-state index in [1.807, 2.05) is 42.5 Å². The molecule has 0 aliphatic rings. The van der Waals surface area contributed by atoms with Crippen molar-refractivity contribution in [1.29, 1.82) is 0 Å². The number of nitrogens with zero attached hydrogens (tertiary/aromatic N) is 4. The predicted molar refractivity (Wildman–Crippen MR) is 108 cm³/mol. The number of aryl methyl sites for hydroxylation is 1. The SMILES string of the molecule is O=C(CCc1nnc2ccc(NCc3ccco3)nn12)NCc1ccccc1Cl. The average molecular weight is 411 g/mol. The van der Waals surface area contributed by atoms with Crippen LogP contribution in [0.1, 0.15) is 23.6 Å². The third-order valence-electron chi connectivity index (χ3n) is 4.36. The number of hydrogen-bond donors (Lipinski definition) is 2. The number of fused-ring (bicyclic) bond motifs is 1. The lowest BCUT2D eigenvalue weighted by molar-refractivity contribution is -0.121. The maximum absolute atomic E-state index is 12.2. The molecule has 0 fully saturated rings. The number of hydrogen-bond acceptors (Lipinski definition) is 6. The minimum atomic E-state index is -0.0891. The lowest BCUT2D eigenvalue weighted by Gasteiger charge is -2.07. The molecule has 0 atom stereocenters. The molecule has 2 N–H and O–H groups in total. The van der Waals surface area contributed by atoms with Gasteiger partial charge in [-0.2, -0.15) is 4.52 Å². The molecular formula is C20H19ClN6O2. The van der Waals surface area contributed by atoms with E-state index in [-0.39, 0.29) is 12.3 Å². The first-order valence-corrected chi connectivity index (χ1v) is 9.54. The summed E-state index contributed by atoms with van der Waals surface area (Å²) in [6.07, 6.45) is 2.32. The molecule has 0 saturated carbocycles. The lowest BCUT2D eigenvalue weighted by atomic mass is 10.2. The van der Waals surface area contributed by atoms with Crippen LogP contribution in [0.5, 0.6) is 0 Å². The molecule has 148 valence electrons. The largest absolute Gasteiger partial charge is 0.467 e. The van der Waals surface area contributed by atoms with Gasteiger partial charge >= 0.3 is 0 Å². The number of aromatic nitrogens is 4. The highest BCUT2D eigenvalue weighted by Gasteiger charge is 2.11. The van der Waals surface area contributed by atoms with Crippen LogP contribution in [0.25, 0.3) is 5.65 Å². The molecule has 0 radical (unpaired) electrons. The van der Waals surface area contributed by atoms with Crippen LogP contribution in [-0.2, 0) is 24.3 Å². The van der Waals surface area contributed by atoms with Crippen molar-refractivity contribution in [2.45, 2.75) is 25.9 Å². The van der Waals surface area contributed by atoms with Gasteiger partial charge in [0.25, 0.3) is 0 Å². The summed E-state index contributed by atoms with van der Waals surface area (Å²) in [5.41, 5.74) is 1.50. The smallest absolute Gasteiger partial charge is 0.220 e. The van der Waals surface area contributed by atoms with Crippen molar-refractivity contribution in [2.24, 2.45) is 0 Å². The zero-order chi connectivity index (χ0) is 20.1. The first kappa shape index (κ1) is 18.9. The molecule has 0 aliphatic heterocycles. The van der Waals surface area contributed by atoms with Crippen LogP contribution in [0.4, 0.5) is 5.82 Å². The van der Waals surface area contributed by atoms with E-state index in [1.54, 1.807) is 16.8 Å². The van der Waals surface area contributed by atoms with Crippen molar-refractivity contribution in [1.82, 2.24) is 25.1 Å². The summed E-state index contributed by atoms with van der Waals surface area (Å²) >= 11 is 6.11. The Morgan fingerprint density at radius 3 is 2.79 bits per heavy atom. The molecule has 0 aliphatic carbocycles. The number of halogens is 1. The summed E-state index contributed by atoms with van der Waals surface area (Å²) in [6.45, 7) is 0.908. The van der Waals surface area contributed by atoms with Crippen molar-refractivity contribution in [3.8, 4) is 0 Å². The molecule has 8 nitrogen and oxygen atoms in total. The molecule has 3 heterocycles. The fraction of sp³-hybridized carbons (Fsp3) is 0.200. The molecule has 4 aromatic rings. The highest BCUT2D eigenvalue weighted by molar-refractivity contribution is 6.31. The second-order valence-electron chi connectivity index (χ2n) is 6.41. The van der Waals surface area contributed by atoms with Crippen LogP contribution < -0.4 is 10.6 Å². The van der Waals surface area contributed by atoms with Gasteiger partial charge in [-0.15, -0.1) is 15.3 Å². The number of rotatable bonds is 8. The predicted octanol–water partition coefficient (Wildman–Crippen LogP) is 3.23. The summed E-state index contributed by atoms with van der Waals surface area (Å²) in [5.74, 6) is 2.01. The summed E-state index contributed by atoms with van der Waals surface area (Å²) in [4.78, 5) is 12.2. The molecule has 1 amide bonds. The average Bonchev–Trinajstić information content (AvgIpc) is 3.39. The molecule has 0 saturated heterocycles. The van der Waals surface area contributed by atoms with Gasteiger partial charge in [-0.1, -0.05) is 29.8 Å². The Bertz CT molecular complexity index is 1110. The van der Waals surface area contributed by atoms with Gasteiger partial charge in [0.15, 0.2) is 11.5 Å². The minimum Gasteiger partial charge on any atom is -0.467 e. The zero-order valence-corrected chi connectivity index (χ0v) is 16.3. The van der Waals surface area contributed by atoms with Crippen molar-refractivity contribution >= 4 is 29.0 Å². The maximum atomic E-state index is 12.2. The third kappa shape index (κ3) is 4.72. The van der Waals surface area contributed by atoms with E-state index in [4.69, 9.17) is 16.0 Å². The highest BCUT2D eigenvalue weighted by atomic mass is 35.5. The highest BCUT2D eigenvalue weighted by Crippen LogP contribution is 2.14. The molecule has 0 unspecified atom stereocenters. The number of amides is 1. The zero-order valence-electron chi connectivity index (χ0n) is 15.5. The minimum absolute atomic E-state index is 0.0891. The summed E-state index contributed by atoms with van der Waals surface area (Å²) in [5, 5.41) is 19.5. The number of furan rings is 1. The van der Waals surface area contributed by atoms with Crippen LogP contribution in [0.2, 0.25) is 5.02 Å². The second-order valence-corrected chi connectivity index (χ2v) is 6.81. The third-order valence-corrected chi connectivity index (χ3v) is 4.73. The number of carbonyl (C=O) groups is 1. The Morgan fingerprint density at radius 2 is 1.97 bits per heavy atom. The van der Waals surface area contributed by atoms with E-state index in [0.717, 1.165) is 11.3 Å². The topological polar surface area (TPSA) is 97.4 Å². The van der Waals surface area contributed by atoms with Gasteiger partial charge in [-0.3, -0.25) is 4.79 Å². The second kappa shape index (κ2) is 8.74. The molecule has 0 spiro atoms. The van der Waals surface area contributed by atoms with Crippen LogP contribution in [-0.4, -0.2) is 25.7 Å². The van der Waals surface area contributed by atoms with Crippen LogP contribution in [0.3, 0.4) is 0 Å². The lowest BCUT2D eigenvalue weighted by Crippen LogP contribution is -2.23.